The molecule has 1 saturated carbocycles. The Bertz CT molecular complexity index is 423. The third kappa shape index (κ3) is 6.33. The molecule has 2 amide bonds. The number of likely N-dealkylation sites (tertiary alicyclic amines) is 1. The summed E-state index contributed by atoms with van der Waals surface area (Å²) >= 11 is 0. The summed E-state index contributed by atoms with van der Waals surface area (Å²) in [5.74, 6) is 0.907. The molecule has 1 aliphatic carbocycles. The molecule has 0 bridgehead atoms. The molecule has 0 radical (unpaired) electrons. The van der Waals surface area contributed by atoms with Crippen LogP contribution in [-0.4, -0.2) is 42.1 Å². The van der Waals surface area contributed by atoms with Crippen molar-refractivity contribution in [2.24, 2.45) is 11.8 Å². The van der Waals surface area contributed by atoms with E-state index in [1.165, 1.54) is 25.7 Å². The number of ether oxygens (including phenoxy) is 1. The zero-order valence-corrected chi connectivity index (χ0v) is 15.6. The van der Waals surface area contributed by atoms with Crippen LogP contribution in [0, 0.1) is 11.8 Å². The SMILES string of the molecule is CC(C)(C)OC(=O)NCC1CCCN(C(=O)C2CCCCCC2)C1. The van der Waals surface area contributed by atoms with Gasteiger partial charge in [0.05, 0.1) is 0 Å². The minimum atomic E-state index is -0.474. The van der Waals surface area contributed by atoms with Gasteiger partial charge < -0.3 is 15.0 Å². The van der Waals surface area contributed by atoms with Gasteiger partial charge in [0.1, 0.15) is 5.60 Å². The smallest absolute Gasteiger partial charge is 0.407 e. The number of hydrogen-bond donors (Lipinski definition) is 1. The van der Waals surface area contributed by atoms with Gasteiger partial charge >= 0.3 is 6.09 Å². The van der Waals surface area contributed by atoms with E-state index in [1.54, 1.807) is 0 Å². The van der Waals surface area contributed by atoms with Crippen molar-refractivity contribution >= 4 is 12.0 Å². The Morgan fingerprint density at radius 3 is 2.33 bits per heavy atom. The van der Waals surface area contributed by atoms with Crippen LogP contribution in [0.3, 0.4) is 0 Å². The van der Waals surface area contributed by atoms with Crippen LogP contribution in [0.5, 0.6) is 0 Å². The summed E-state index contributed by atoms with van der Waals surface area (Å²) in [6, 6.07) is 0. The molecular formula is C19H34N2O3. The number of nitrogens with one attached hydrogen (secondary N) is 1. The number of hydrogen-bond acceptors (Lipinski definition) is 3. The molecule has 0 spiro atoms. The second kappa shape index (κ2) is 8.72. The minimum absolute atomic E-state index is 0.227. The zero-order chi connectivity index (χ0) is 17.6. The summed E-state index contributed by atoms with van der Waals surface area (Å²) in [6.45, 7) is 7.81. The van der Waals surface area contributed by atoms with E-state index in [0.717, 1.165) is 38.8 Å². The fourth-order valence-electron chi connectivity index (χ4n) is 3.76. The maximum absolute atomic E-state index is 12.8. The normalized spacial score (nSPS) is 23.5. The molecule has 0 aromatic heterocycles. The van der Waals surface area contributed by atoms with E-state index in [0.29, 0.717) is 18.4 Å². The van der Waals surface area contributed by atoms with Crippen molar-refractivity contribution in [1.29, 1.82) is 0 Å². The molecule has 1 unspecified atom stereocenters. The number of piperidine rings is 1. The summed E-state index contributed by atoms with van der Waals surface area (Å²) in [5, 5.41) is 2.86. The van der Waals surface area contributed by atoms with Crippen LogP contribution in [0.1, 0.15) is 72.1 Å². The average molecular weight is 338 g/mol. The molecule has 1 atom stereocenters. The van der Waals surface area contributed by atoms with Gasteiger partial charge in [0.25, 0.3) is 0 Å². The quantitative estimate of drug-likeness (QED) is 0.798. The summed E-state index contributed by atoms with van der Waals surface area (Å²) in [4.78, 5) is 26.6. The molecule has 0 aromatic carbocycles. The highest BCUT2D eigenvalue weighted by Gasteiger charge is 2.29. The van der Waals surface area contributed by atoms with Crippen molar-refractivity contribution in [3.05, 3.63) is 0 Å². The van der Waals surface area contributed by atoms with Crippen LogP contribution in [0.15, 0.2) is 0 Å². The first-order valence-electron chi connectivity index (χ1n) is 9.61. The molecule has 138 valence electrons. The highest BCUT2D eigenvalue weighted by atomic mass is 16.6. The second-order valence-corrected chi connectivity index (χ2v) is 8.36. The van der Waals surface area contributed by atoms with Crippen LogP contribution in [0.25, 0.3) is 0 Å². The third-order valence-corrected chi connectivity index (χ3v) is 4.97. The zero-order valence-electron chi connectivity index (χ0n) is 15.6. The van der Waals surface area contributed by atoms with Crippen molar-refractivity contribution in [3.63, 3.8) is 0 Å². The number of carbonyl (C=O) groups excluding carboxylic acids is 2. The molecule has 2 rings (SSSR count). The Morgan fingerprint density at radius 2 is 1.71 bits per heavy atom. The standard InChI is InChI=1S/C19H34N2O3/c1-19(2,3)24-18(23)20-13-15-9-8-12-21(14-15)17(22)16-10-6-4-5-7-11-16/h15-16H,4-14H2,1-3H3,(H,20,23). The van der Waals surface area contributed by atoms with Gasteiger partial charge in [0.15, 0.2) is 0 Å². The Hall–Kier alpha value is -1.26. The lowest BCUT2D eigenvalue weighted by Gasteiger charge is -2.35. The minimum Gasteiger partial charge on any atom is -0.444 e. The fraction of sp³-hybridized carbons (Fsp3) is 0.895. The topological polar surface area (TPSA) is 58.6 Å². The van der Waals surface area contributed by atoms with Gasteiger partial charge in [0, 0.05) is 25.6 Å². The van der Waals surface area contributed by atoms with Crippen molar-refractivity contribution in [2.75, 3.05) is 19.6 Å². The molecule has 24 heavy (non-hydrogen) atoms. The van der Waals surface area contributed by atoms with E-state index in [2.05, 4.69) is 5.32 Å². The molecular weight excluding hydrogens is 304 g/mol. The first-order valence-corrected chi connectivity index (χ1v) is 9.61. The van der Waals surface area contributed by atoms with Crippen LogP contribution in [0.2, 0.25) is 0 Å². The highest BCUT2D eigenvalue weighted by Crippen LogP contribution is 2.26. The van der Waals surface area contributed by atoms with Crippen LogP contribution < -0.4 is 5.32 Å². The van der Waals surface area contributed by atoms with E-state index in [4.69, 9.17) is 4.74 Å². The number of nitrogens with zero attached hydrogens (tertiary/aromatic N) is 1. The molecule has 5 nitrogen and oxygen atoms in total. The maximum Gasteiger partial charge on any atom is 0.407 e. The average Bonchev–Trinajstić information content (AvgIpc) is 2.80. The maximum atomic E-state index is 12.8. The Balaban J connectivity index is 1.78. The molecule has 1 aliphatic heterocycles. The van der Waals surface area contributed by atoms with Crippen LogP contribution in [-0.2, 0) is 9.53 Å². The third-order valence-electron chi connectivity index (χ3n) is 4.97. The molecule has 0 aromatic rings. The van der Waals surface area contributed by atoms with E-state index in [-0.39, 0.29) is 12.0 Å². The first-order chi connectivity index (χ1) is 11.3. The molecule has 2 aliphatic rings. The van der Waals surface area contributed by atoms with E-state index in [9.17, 15) is 9.59 Å². The number of carbonyl (C=O) groups is 2. The van der Waals surface area contributed by atoms with Gasteiger partial charge in [-0.05, 0) is 52.4 Å². The largest absolute Gasteiger partial charge is 0.444 e. The summed E-state index contributed by atoms with van der Waals surface area (Å²) < 4.78 is 5.28. The fourth-order valence-corrected chi connectivity index (χ4v) is 3.76. The van der Waals surface area contributed by atoms with Gasteiger partial charge in [0.2, 0.25) is 5.91 Å². The lowest BCUT2D eigenvalue weighted by molar-refractivity contribution is -0.137. The summed E-state index contributed by atoms with van der Waals surface area (Å²) in [6.07, 6.45) is 8.74. The van der Waals surface area contributed by atoms with Gasteiger partial charge in [-0.2, -0.15) is 0 Å². The lowest BCUT2D eigenvalue weighted by Crippen LogP contribution is -2.46. The van der Waals surface area contributed by atoms with Crippen molar-refractivity contribution in [1.82, 2.24) is 10.2 Å². The monoisotopic (exact) mass is 338 g/mol. The van der Waals surface area contributed by atoms with Crippen molar-refractivity contribution in [2.45, 2.75) is 77.7 Å². The van der Waals surface area contributed by atoms with E-state index >= 15 is 0 Å². The molecule has 1 N–H and O–H groups in total. The van der Waals surface area contributed by atoms with E-state index < -0.39 is 5.60 Å². The molecule has 5 heteroatoms. The summed E-state index contributed by atoms with van der Waals surface area (Å²) in [7, 11) is 0. The molecule has 1 saturated heterocycles. The number of rotatable bonds is 3. The first kappa shape index (κ1) is 19.1. The Labute approximate surface area is 146 Å². The van der Waals surface area contributed by atoms with Crippen molar-refractivity contribution < 1.29 is 14.3 Å². The predicted octanol–water partition coefficient (Wildman–Crippen LogP) is 3.72. The van der Waals surface area contributed by atoms with Gasteiger partial charge in [-0.25, -0.2) is 4.79 Å². The van der Waals surface area contributed by atoms with Crippen molar-refractivity contribution in [3.8, 4) is 0 Å². The molecule has 1 heterocycles. The van der Waals surface area contributed by atoms with E-state index in [1.807, 2.05) is 25.7 Å². The number of alkyl carbamates (subject to hydrolysis) is 1. The summed E-state index contributed by atoms with van der Waals surface area (Å²) in [5.41, 5.74) is -0.474. The van der Waals surface area contributed by atoms with Crippen LogP contribution in [0.4, 0.5) is 4.79 Å². The number of amides is 2. The second-order valence-electron chi connectivity index (χ2n) is 8.36. The van der Waals surface area contributed by atoms with Crippen LogP contribution >= 0.6 is 0 Å². The van der Waals surface area contributed by atoms with Gasteiger partial charge in [-0.3, -0.25) is 4.79 Å². The highest BCUT2D eigenvalue weighted by molar-refractivity contribution is 5.79. The molecule has 2 fully saturated rings. The Morgan fingerprint density at radius 1 is 1.04 bits per heavy atom. The Kier molecular flexibility index (Phi) is 6.93. The predicted molar refractivity (Wildman–Crippen MR) is 94.7 cm³/mol. The lowest BCUT2D eigenvalue weighted by atomic mass is 9.94. The van der Waals surface area contributed by atoms with Gasteiger partial charge in [-0.1, -0.05) is 25.7 Å². The van der Waals surface area contributed by atoms with Gasteiger partial charge in [-0.15, -0.1) is 0 Å².